The third kappa shape index (κ3) is 10.9. The van der Waals surface area contributed by atoms with Crippen LogP contribution in [0.4, 0.5) is 4.79 Å². The molecule has 0 radical (unpaired) electrons. The monoisotopic (exact) mass is 899 g/mol. The highest BCUT2D eigenvalue weighted by molar-refractivity contribution is 6.02. The quantitative estimate of drug-likeness (QED) is 0.115. The lowest BCUT2D eigenvalue weighted by Gasteiger charge is -2.29. The number of nitrogens with zero attached hydrogens (tertiary/aromatic N) is 2. The van der Waals surface area contributed by atoms with E-state index in [1.54, 1.807) is 32.0 Å². The minimum Gasteiger partial charge on any atom is -0.469 e. The number of hydrogen-bond donors (Lipinski definition) is 1. The number of fused-ring (bicyclic) bond motifs is 1. The first-order chi connectivity index (χ1) is 30.9. The fraction of sp³-hybridized carbons (Fsp3) is 0.600. The zero-order chi connectivity index (χ0) is 47.3. The van der Waals surface area contributed by atoms with Crippen molar-refractivity contribution in [1.29, 1.82) is 0 Å². The summed E-state index contributed by atoms with van der Waals surface area (Å²) in [6.07, 6.45) is 5.74. The molecular formula is C50H65N3O12. The first kappa shape index (κ1) is 48.8. The smallest absolute Gasteiger partial charge is 0.407 e. The molecule has 2 aliphatic heterocycles. The number of methoxy groups -OCH3 is 2. The van der Waals surface area contributed by atoms with Crippen LogP contribution in [0.3, 0.4) is 0 Å². The number of amides is 3. The van der Waals surface area contributed by atoms with Crippen molar-refractivity contribution < 1.29 is 57.3 Å². The summed E-state index contributed by atoms with van der Waals surface area (Å²) in [7, 11) is 2.49. The maximum absolute atomic E-state index is 14.0. The van der Waals surface area contributed by atoms with Gasteiger partial charge in [0.25, 0.3) is 0 Å². The van der Waals surface area contributed by atoms with E-state index in [1.165, 1.54) is 24.0 Å². The molecule has 0 bridgehead atoms. The van der Waals surface area contributed by atoms with Crippen molar-refractivity contribution in [3.63, 3.8) is 0 Å². The summed E-state index contributed by atoms with van der Waals surface area (Å²) in [5.41, 5.74) is 4.70. The Balaban J connectivity index is 1.12. The summed E-state index contributed by atoms with van der Waals surface area (Å²) in [5.74, 6) is -4.35. The van der Waals surface area contributed by atoms with Gasteiger partial charge in [-0.1, -0.05) is 90.8 Å². The molecular weight excluding hydrogens is 835 g/mol. The van der Waals surface area contributed by atoms with Crippen molar-refractivity contribution in [3.8, 4) is 11.1 Å². The molecule has 0 unspecified atom stereocenters. The van der Waals surface area contributed by atoms with Crippen LogP contribution in [0.25, 0.3) is 11.1 Å². The van der Waals surface area contributed by atoms with E-state index < -0.39 is 72.9 Å². The molecule has 3 fully saturated rings. The van der Waals surface area contributed by atoms with Gasteiger partial charge in [0.2, 0.25) is 17.6 Å². The van der Waals surface area contributed by atoms with Gasteiger partial charge in [0.05, 0.1) is 26.6 Å². The maximum atomic E-state index is 14.0. The van der Waals surface area contributed by atoms with Crippen LogP contribution in [-0.2, 0) is 55.8 Å². The summed E-state index contributed by atoms with van der Waals surface area (Å²) >= 11 is 0. The van der Waals surface area contributed by atoms with Gasteiger partial charge in [0.1, 0.15) is 18.1 Å². The molecule has 65 heavy (non-hydrogen) atoms. The molecule has 6 atom stereocenters. The van der Waals surface area contributed by atoms with Crippen LogP contribution in [0.2, 0.25) is 0 Å². The van der Waals surface area contributed by atoms with Crippen molar-refractivity contribution in [2.24, 2.45) is 35.0 Å². The molecule has 1 saturated carbocycles. The molecule has 1 N–H and O–H groups in total. The van der Waals surface area contributed by atoms with E-state index in [4.69, 9.17) is 18.9 Å². The lowest BCUT2D eigenvalue weighted by Crippen LogP contribution is -2.54. The van der Waals surface area contributed by atoms with Crippen LogP contribution in [0.15, 0.2) is 36.4 Å². The zero-order valence-electron chi connectivity index (χ0n) is 39.1. The van der Waals surface area contributed by atoms with E-state index in [1.807, 2.05) is 45.9 Å². The second-order valence-electron chi connectivity index (χ2n) is 19.5. The molecule has 2 aromatic carbocycles. The van der Waals surface area contributed by atoms with Gasteiger partial charge < -0.3 is 34.1 Å². The Kier molecular flexibility index (Phi) is 15.6. The van der Waals surface area contributed by atoms with Gasteiger partial charge >= 0.3 is 24.0 Å². The minimum atomic E-state index is -0.906. The SMILES string of the molecule is COC(=O)C[C@H](C(=O)N1C[C@@H](C)C[C@H]1C(=O)OCC(=O)c1ccc(-c2ccc(C(=O)COC(=O)[C@@H]3C[C@H](C)CN3C(=O)[C@@H](NC(=O)OC)C(C)C)cc2)c2c1CC1(CCCC1)C2)C(C)C. The molecule has 15 nitrogen and oxygen atoms in total. The number of nitrogens with one attached hydrogen (secondary N) is 1. The van der Waals surface area contributed by atoms with Crippen molar-refractivity contribution >= 4 is 47.4 Å². The van der Waals surface area contributed by atoms with Crippen LogP contribution >= 0.6 is 0 Å². The lowest BCUT2D eigenvalue weighted by atomic mass is 9.82. The Morgan fingerprint density at radius 3 is 1.78 bits per heavy atom. The fourth-order valence-corrected chi connectivity index (χ4v) is 10.4. The highest BCUT2D eigenvalue weighted by atomic mass is 16.5. The Labute approximate surface area is 381 Å². The highest BCUT2D eigenvalue weighted by Crippen LogP contribution is 2.51. The first-order valence-corrected chi connectivity index (χ1v) is 23.0. The number of ketones is 2. The molecule has 15 heteroatoms. The number of Topliss-reactive ketones (excluding diaryl/α,β-unsaturated/α-hetero) is 2. The Morgan fingerprint density at radius 1 is 0.692 bits per heavy atom. The molecule has 4 aliphatic rings. The summed E-state index contributed by atoms with van der Waals surface area (Å²) < 4.78 is 20.7. The number of esters is 3. The van der Waals surface area contributed by atoms with Crippen molar-refractivity contribution in [1.82, 2.24) is 15.1 Å². The number of ether oxygens (including phenoxy) is 4. The molecule has 6 rings (SSSR count). The number of likely N-dealkylation sites (tertiary alicyclic amines) is 2. The molecule has 2 aromatic rings. The molecule has 2 aliphatic carbocycles. The van der Waals surface area contributed by atoms with E-state index in [9.17, 15) is 38.4 Å². The standard InChI is InChI=1S/C50H65N3O12/c1-28(2)36(21-43(56)62-7)45(57)52-24-30(5)19-39(52)47(59)65-27-42(55)35-16-15-34(37-22-50(23-38(35)37)17-9-10-18-50)32-11-13-33(14-12-32)41(54)26-64-48(60)40-20-31(6)25-53(40)46(58)44(29(3)4)51-49(61)63-8/h11-16,28-31,36,39-40,44H,9-10,17-27H2,1-8H3,(H,51,61)/t30-,31-,36-,39-,40-,44-/m0/s1. The third-order valence-corrected chi connectivity index (χ3v) is 14.0. The average molecular weight is 900 g/mol. The number of hydrogen-bond acceptors (Lipinski definition) is 12. The van der Waals surface area contributed by atoms with E-state index in [-0.39, 0.29) is 47.2 Å². The van der Waals surface area contributed by atoms with Crippen LogP contribution in [0, 0.1) is 35.0 Å². The van der Waals surface area contributed by atoms with Crippen LogP contribution < -0.4 is 5.32 Å². The van der Waals surface area contributed by atoms with E-state index in [2.05, 4.69) is 5.32 Å². The predicted molar refractivity (Wildman–Crippen MR) is 238 cm³/mol. The first-order valence-electron chi connectivity index (χ1n) is 23.0. The summed E-state index contributed by atoms with van der Waals surface area (Å²) in [6, 6.07) is 8.09. The Hall–Kier alpha value is -5.60. The summed E-state index contributed by atoms with van der Waals surface area (Å²) in [4.78, 5) is 109. The van der Waals surface area contributed by atoms with Crippen molar-refractivity contribution in [2.75, 3.05) is 40.5 Å². The van der Waals surface area contributed by atoms with Crippen molar-refractivity contribution in [3.05, 3.63) is 58.7 Å². The predicted octanol–water partition coefficient (Wildman–Crippen LogP) is 6.15. The Morgan fingerprint density at radius 2 is 1.25 bits per heavy atom. The Bertz CT molecular complexity index is 2160. The molecule has 2 heterocycles. The topological polar surface area (TPSA) is 192 Å². The normalized spacial score (nSPS) is 21.8. The van der Waals surface area contributed by atoms with Crippen molar-refractivity contribution in [2.45, 2.75) is 117 Å². The van der Waals surface area contributed by atoms with Gasteiger partial charge in [0, 0.05) is 24.2 Å². The fourth-order valence-electron chi connectivity index (χ4n) is 10.4. The largest absolute Gasteiger partial charge is 0.469 e. The van der Waals surface area contributed by atoms with Gasteiger partial charge in [0.15, 0.2) is 19.0 Å². The number of alkyl carbamates (subject to hydrolysis) is 1. The lowest BCUT2D eigenvalue weighted by molar-refractivity contribution is -0.155. The number of rotatable bonds is 16. The van der Waals surface area contributed by atoms with Crippen LogP contribution in [0.5, 0.6) is 0 Å². The van der Waals surface area contributed by atoms with Crippen LogP contribution in [0.1, 0.15) is 118 Å². The third-order valence-electron chi connectivity index (χ3n) is 14.0. The minimum absolute atomic E-state index is 0.000705. The molecule has 2 saturated heterocycles. The van der Waals surface area contributed by atoms with Gasteiger partial charge in [-0.25, -0.2) is 14.4 Å². The molecule has 0 aromatic heterocycles. The molecule has 352 valence electrons. The van der Waals surface area contributed by atoms with Gasteiger partial charge in [-0.05, 0) is 89.9 Å². The van der Waals surface area contributed by atoms with Gasteiger partial charge in [-0.3, -0.25) is 24.0 Å². The molecule has 3 amide bonds. The van der Waals surface area contributed by atoms with Crippen LogP contribution in [-0.4, -0.2) is 116 Å². The summed E-state index contributed by atoms with van der Waals surface area (Å²) in [5, 5.41) is 2.56. The van der Waals surface area contributed by atoms with Gasteiger partial charge in [-0.15, -0.1) is 0 Å². The molecule has 1 spiro atoms. The number of carbonyl (C=O) groups is 8. The number of benzene rings is 2. The maximum Gasteiger partial charge on any atom is 0.407 e. The average Bonchev–Trinajstić information content (AvgIpc) is 4.10. The van der Waals surface area contributed by atoms with E-state index >= 15 is 0 Å². The second kappa shape index (κ2) is 20.7. The highest BCUT2D eigenvalue weighted by Gasteiger charge is 2.45. The second-order valence-corrected chi connectivity index (χ2v) is 19.5. The zero-order valence-corrected chi connectivity index (χ0v) is 39.1. The van der Waals surface area contributed by atoms with E-state index in [0.717, 1.165) is 60.8 Å². The van der Waals surface area contributed by atoms with Gasteiger partial charge in [-0.2, -0.15) is 0 Å². The van der Waals surface area contributed by atoms with E-state index in [0.29, 0.717) is 37.1 Å². The summed E-state index contributed by atoms with van der Waals surface area (Å²) in [6.45, 7) is 10.8. The number of carbonyl (C=O) groups excluding carboxylic acids is 8.